The zero-order valence-corrected chi connectivity index (χ0v) is 16.3. The Balaban J connectivity index is 1.69. The second-order valence-corrected chi connectivity index (χ2v) is 8.22. The van der Waals surface area contributed by atoms with Gasteiger partial charge in [0.15, 0.2) is 0 Å². The molecule has 2 aromatic heterocycles. The summed E-state index contributed by atoms with van der Waals surface area (Å²) >= 11 is 0. The first-order valence-electron chi connectivity index (χ1n) is 9.39. The van der Waals surface area contributed by atoms with E-state index in [4.69, 9.17) is 4.74 Å². The lowest BCUT2D eigenvalue weighted by atomic mass is 9.92. The highest BCUT2D eigenvalue weighted by molar-refractivity contribution is 6.00. The maximum absolute atomic E-state index is 13.3. The van der Waals surface area contributed by atoms with Crippen LogP contribution in [-0.2, 0) is 4.74 Å². The van der Waals surface area contributed by atoms with Crippen LogP contribution in [-0.4, -0.2) is 33.0 Å². The van der Waals surface area contributed by atoms with Crippen LogP contribution in [0.25, 0.3) is 5.65 Å². The Bertz CT molecular complexity index is 818. The van der Waals surface area contributed by atoms with Gasteiger partial charge in [-0.2, -0.15) is 0 Å². The maximum Gasteiger partial charge on any atom is 0.278 e. The fraction of sp³-hybridized carbons (Fsp3) is 0.600. The van der Waals surface area contributed by atoms with E-state index in [2.05, 4.69) is 10.3 Å². The number of alkyl halides is 2. The van der Waals surface area contributed by atoms with Gasteiger partial charge < -0.3 is 10.1 Å². The van der Waals surface area contributed by atoms with Gasteiger partial charge in [-0.15, -0.1) is 0 Å². The SMILES string of the molecule is Cc1cc(C(F)F)n2ccc(C(=O)NC3CCC(OC(C)(C)C)CC3)c2n1. The molecule has 27 heavy (non-hydrogen) atoms. The highest BCUT2D eigenvalue weighted by Crippen LogP contribution is 2.26. The summed E-state index contributed by atoms with van der Waals surface area (Å²) in [5, 5.41) is 3.03. The number of hydrogen-bond donors (Lipinski definition) is 1. The highest BCUT2D eigenvalue weighted by Gasteiger charge is 2.27. The largest absolute Gasteiger partial charge is 0.373 e. The average molecular weight is 379 g/mol. The van der Waals surface area contributed by atoms with Crippen molar-refractivity contribution in [2.45, 2.75) is 77.6 Å². The lowest BCUT2D eigenvalue weighted by Crippen LogP contribution is -2.40. The molecular formula is C20H27F2N3O2. The highest BCUT2D eigenvalue weighted by atomic mass is 19.3. The normalized spacial score (nSPS) is 21.0. The molecule has 148 valence electrons. The summed E-state index contributed by atoms with van der Waals surface area (Å²) < 4.78 is 33.8. The van der Waals surface area contributed by atoms with Gasteiger partial charge in [0.25, 0.3) is 12.3 Å². The molecule has 3 rings (SSSR count). The Morgan fingerprint density at radius 2 is 1.96 bits per heavy atom. The van der Waals surface area contributed by atoms with Gasteiger partial charge in [-0.1, -0.05) is 0 Å². The molecule has 0 unspecified atom stereocenters. The summed E-state index contributed by atoms with van der Waals surface area (Å²) in [5.41, 5.74) is 0.737. The van der Waals surface area contributed by atoms with Gasteiger partial charge >= 0.3 is 0 Å². The number of carbonyl (C=O) groups excluding carboxylic acids is 1. The van der Waals surface area contributed by atoms with Crippen LogP contribution in [0, 0.1) is 6.92 Å². The van der Waals surface area contributed by atoms with Crippen molar-refractivity contribution >= 4 is 11.6 Å². The summed E-state index contributed by atoms with van der Waals surface area (Å²) in [6.45, 7) is 7.78. The second kappa shape index (κ2) is 7.54. The van der Waals surface area contributed by atoms with Gasteiger partial charge in [-0.3, -0.25) is 9.20 Å². The number of aryl methyl sites for hydroxylation is 1. The Morgan fingerprint density at radius 1 is 1.30 bits per heavy atom. The van der Waals surface area contributed by atoms with Crippen molar-refractivity contribution in [3.63, 3.8) is 0 Å². The van der Waals surface area contributed by atoms with Crippen molar-refractivity contribution in [3.8, 4) is 0 Å². The van der Waals surface area contributed by atoms with Gasteiger partial charge in [0, 0.05) is 17.9 Å². The molecule has 1 N–H and O–H groups in total. The van der Waals surface area contributed by atoms with Crippen molar-refractivity contribution in [1.29, 1.82) is 0 Å². The topological polar surface area (TPSA) is 55.6 Å². The fourth-order valence-electron chi connectivity index (χ4n) is 3.66. The Kier molecular flexibility index (Phi) is 5.51. The summed E-state index contributed by atoms with van der Waals surface area (Å²) in [7, 11) is 0. The number of nitrogens with one attached hydrogen (secondary N) is 1. The van der Waals surface area contributed by atoms with Crippen LogP contribution in [0.15, 0.2) is 18.3 Å². The van der Waals surface area contributed by atoms with E-state index in [1.54, 1.807) is 13.0 Å². The Hall–Kier alpha value is -2.02. The Morgan fingerprint density at radius 3 is 2.56 bits per heavy atom. The van der Waals surface area contributed by atoms with Gasteiger partial charge in [0.05, 0.1) is 23.0 Å². The number of carbonyl (C=O) groups is 1. The molecular weight excluding hydrogens is 352 g/mol. The molecule has 5 nitrogen and oxygen atoms in total. The molecule has 1 aliphatic rings. The van der Waals surface area contributed by atoms with E-state index in [-0.39, 0.29) is 35.0 Å². The lowest BCUT2D eigenvalue weighted by Gasteiger charge is -2.33. The van der Waals surface area contributed by atoms with Crippen LogP contribution < -0.4 is 5.32 Å². The van der Waals surface area contributed by atoms with E-state index in [1.165, 1.54) is 16.7 Å². The molecule has 0 aliphatic heterocycles. The van der Waals surface area contributed by atoms with Crippen molar-refractivity contribution in [2.75, 3.05) is 0 Å². The molecule has 0 saturated heterocycles. The number of hydrogen-bond acceptors (Lipinski definition) is 3. The summed E-state index contributed by atoms with van der Waals surface area (Å²) in [6, 6.07) is 2.96. The van der Waals surface area contributed by atoms with E-state index in [1.807, 2.05) is 20.8 Å². The first-order chi connectivity index (χ1) is 12.6. The van der Waals surface area contributed by atoms with Gasteiger partial charge in [0.2, 0.25) is 0 Å². The van der Waals surface area contributed by atoms with Crippen LogP contribution in [0.3, 0.4) is 0 Å². The van der Waals surface area contributed by atoms with E-state index in [0.717, 1.165) is 25.7 Å². The maximum atomic E-state index is 13.3. The number of rotatable bonds is 4. The predicted molar refractivity (Wildman–Crippen MR) is 99.2 cm³/mol. The van der Waals surface area contributed by atoms with Crippen molar-refractivity contribution in [2.24, 2.45) is 0 Å². The summed E-state index contributed by atoms with van der Waals surface area (Å²) in [6.07, 6.45) is 2.53. The van der Waals surface area contributed by atoms with Crippen LogP contribution in [0.1, 0.15) is 74.6 Å². The molecule has 0 atom stereocenters. The number of nitrogens with zero attached hydrogens (tertiary/aromatic N) is 2. The summed E-state index contributed by atoms with van der Waals surface area (Å²) in [4.78, 5) is 17.0. The first kappa shape index (κ1) is 19.7. The van der Waals surface area contributed by atoms with Crippen LogP contribution >= 0.6 is 0 Å². The molecule has 0 aromatic carbocycles. The summed E-state index contributed by atoms with van der Waals surface area (Å²) in [5.74, 6) is -0.268. The van der Waals surface area contributed by atoms with Crippen LogP contribution in [0.5, 0.6) is 0 Å². The number of halogens is 2. The molecule has 0 bridgehead atoms. The van der Waals surface area contributed by atoms with Crippen LogP contribution in [0.4, 0.5) is 8.78 Å². The minimum atomic E-state index is -2.63. The number of ether oxygens (including phenoxy) is 1. The fourth-order valence-corrected chi connectivity index (χ4v) is 3.66. The average Bonchev–Trinajstić information content (AvgIpc) is 2.98. The lowest BCUT2D eigenvalue weighted by molar-refractivity contribution is -0.0757. The second-order valence-electron chi connectivity index (χ2n) is 8.22. The third-order valence-corrected chi connectivity index (χ3v) is 4.77. The van der Waals surface area contributed by atoms with E-state index in [9.17, 15) is 13.6 Å². The molecule has 1 aliphatic carbocycles. The quantitative estimate of drug-likeness (QED) is 0.855. The molecule has 2 aromatic rings. The monoisotopic (exact) mass is 379 g/mol. The molecule has 0 spiro atoms. The smallest absolute Gasteiger partial charge is 0.278 e. The molecule has 0 radical (unpaired) electrons. The standard InChI is InChI=1S/C20H27F2N3O2/c1-12-11-16(17(21)22)25-10-9-15(18(25)23-12)19(26)24-13-5-7-14(8-6-13)27-20(2,3)4/h9-11,13-14,17H,5-8H2,1-4H3,(H,24,26). The van der Waals surface area contributed by atoms with Crippen LogP contribution in [0.2, 0.25) is 0 Å². The van der Waals surface area contributed by atoms with E-state index < -0.39 is 6.43 Å². The molecule has 2 heterocycles. The number of amides is 1. The van der Waals surface area contributed by atoms with Gasteiger partial charge in [0.1, 0.15) is 5.65 Å². The molecule has 1 saturated carbocycles. The third-order valence-electron chi connectivity index (χ3n) is 4.77. The van der Waals surface area contributed by atoms with Gasteiger partial charge in [-0.05, 0) is 65.5 Å². The van der Waals surface area contributed by atoms with Crippen molar-refractivity contribution in [3.05, 3.63) is 35.3 Å². The molecule has 1 fully saturated rings. The molecule has 7 heteroatoms. The van der Waals surface area contributed by atoms with Crippen molar-refractivity contribution in [1.82, 2.24) is 14.7 Å². The minimum absolute atomic E-state index is 0.0617. The number of aromatic nitrogens is 2. The van der Waals surface area contributed by atoms with Gasteiger partial charge in [-0.25, -0.2) is 13.8 Å². The zero-order chi connectivity index (χ0) is 19.8. The minimum Gasteiger partial charge on any atom is -0.373 e. The van der Waals surface area contributed by atoms with Crippen molar-refractivity contribution < 1.29 is 18.3 Å². The first-order valence-corrected chi connectivity index (χ1v) is 9.39. The number of fused-ring (bicyclic) bond motifs is 1. The third kappa shape index (κ3) is 4.64. The predicted octanol–water partition coefficient (Wildman–Crippen LogP) is 4.44. The Labute approximate surface area is 158 Å². The zero-order valence-electron chi connectivity index (χ0n) is 16.3. The van der Waals surface area contributed by atoms with E-state index >= 15 is 0 Å². The molecule has 1 amide bonds. The van der Waals surface area contributed by atoms with E-state index in [0.29, 0.717) is 11.3 Å².